The van der Waals surface area contributed by atoms with E-state index in [4.69, 9.17) is 15.8 Å². The lowest BCUT2D eigenvalue weighted by atomic mass is 9.77. The number of carbonyl (C=O) groups excluding carboxylic acids is 1. The van der Waals surface area contributed by atoms with Crippen molar-refractivity contribution in [2.75, 3.05) is 6.54 Å². The first kappa shape index (κ1) is 12.5. The van der Waals surface area contributed by atoms with Crippen molar-refractivity contribution in [3.63, 3.8) is 0 Å². The second kappa shape index (κ2) is 4.96. The lowest BCUT2D eigenvalue weighted by Crippen LogP contribution is -2.52. The number of hydrogen-bond acceptors (Lipinski definition) is 4. The molecule has 0 aliphatic carbocycles. The molecule has 0 radical (unpaired) electrons. The standard InChI is InChI=1S/C9H19BN2O3/c1-6(2)8(11)9(13)12-5-3-4-7(12)10(14)15/h6-8,14-15H,3-5,11H2,1-2H3/t7?,8-/m0/s1. The van der Waals surface area contributed by atoms with E-state index in [9.17, 15) is 4.79 Å². The van der Waals surface area contributed by atoms with Gasteiger partial charge in [-0.3, -0.25) is 4.79 Å². The molecule has 1 fully saturated rings. The maximum Gasteiger partial charge on any atom is 0.475 e. The summed E-state index contributed by atoms with van der Waals surface area (Å²) in [4.78, 5) is 13.4. The highest BCUT2D eigenvalue weighted by atomic mass is 16.4. The minimum atomic E-state index is -1.46. The van der Waals surface area contributed by atoms with Crippen LogP contribution in [-0.2, 0) is 4.79 Å². The number of nitrogens with two attached hydrogens (primary N) is 1. The minimum Gasteiger partial charge on any atom is -0.426 e. The molecule has 0 bridgehead atoms. The van der Waals surface area contributed by atoms with E-state index in [-0.39, 0.29) is 11.8 Å². The molecule has 5 nitrogen and oxygen atoms in total. The lowest BCUT2D eigenvalue weighted by Gasteiger charge is -2.28. The average molecular weight is 214 g/mol. The Labute approximate surface area is 90.4 Å². The van der Waals surface area contributed by atoms with Gasteiger partial charge in [-0.15, -0.1) is 0 Å². The third-order valence-corrected chi connectivity index (χ3v) is 2.93. The van der Waals surface area contributed by atoms with Crippen molar-refractivity contribution in [3.05, 3.63) is 0 Å². The molecular formula is C9H19BN2O3. The Hall–Kier alpha value is -0.585. The highest BCUT2D eigenvalue weighted by Gasteiger charge is 2.38. The van der Waals surface area contributed by atoms with Gasteiger partial charge >= 0.3 is 7.12 Å². The summed E-state index contributed by atoms with van der Waals surface area (Å²) >= 11 is 0. The van der Waals surface area contributed by atoms with E-state index in [1.165, 1.54) is 4.90 Å². The zero-order chi connectivity index (χ0) is 11.6. The van der Waals surface area contributed by atoms with Crippen LogP contribution in [0, 0.1) is 5.92 Å². The topological polar surface area (TPSA) is 86.8 Å². The fourth-order valence-electron chi connectivity index (χ4n) is 1.85. The molecular weight excluding hydrogens is 195 g/mol. The molecule has 6 heteroatoms. The third kappa shape index (κ3) is 2.71. The van der Waals surface area contributed by atoms with E-state index >= 15 is 0 Å². The Bertz CT molecular complexity index is 235. The summed E-state index contributed by atoms with van der Waals surface area (Å²) in [6.07, 6.45) is 1.44. The van der Waals surface area contributed by atoms with Crippen molar-refractivity contribution >= 4 is 13.0 Å². The summed E-state index contributed by atoms with van der Waals surface area (Å²) in [5.74, 6) is -0.600. The second-order valence-electron chi connectivity index (χ2n) is 4.42. The summed E-state index contributed by atoms with van der Waals surface area (Å²) in [6, 6.07) is -0.552. The predicted octanol–water partition coefficient (Wildman–Crippen LogP) is -1.03. The molecule has 15 heavy (non-hydrogen) atoms. The second-order valence-corrected chi connectivity index (χ2v) is 4.42. The molecule has 1 rings (SSSR count). The summed E-state index contributed by atoms with van der Waals surface area (Å²) in [7, 11) is -1.46. The minimum absolute atomic E-state index is 0.0644. The van der Waals surface area contributed by atoms with Crippen molar-refractivity contribution < 1.29 is 14.8 Å². The molecule has 4 N–H and O–H groups in total. The summed E-state index contributed by atoms with van der Waals surface area (Å²) in [5.41, 5.74) is 5.75. The summed E-state index contributed by atoms with van der Waals surface area (Å²) in [6.45, 7) is 4.33. The van der Waals surface area contributed by atoms with Crippen LogP contribution in [0.3, 0.4) is 0 Å². The zero-order valence-electron chi connectivity index (χ0n) is 9.26. The highest BCUT2D eigenvalue weighted by molar-refractivity contribution is 6.43. The number of nitrogens with zero attached hydrogens (tertiary/aromatic N) is 1. The number of carbonyl (C=O) groups is 1. The molecule has 0 aromatic carbocycles. The van der Waals surface area contributed by atoms with Gasteiger partial charge in [-0.2, -0.15) is 0 Å². The molecule has 1 unspecified atom stereocenters. The van der Waals surface area contributed by atoms with Crippen molar-refractivity contribution in [2.24, 2.45) is 11.7 Å². The maximum atomic E-state index is 11.9. The van der Waals surface area contributed by atoms with Crippen molar-refractivity contribution in [2.45, 2.75) is 38.7 Å². The molecule has 1 aliphatic heterocycles. The van der Waals surface area contributed by atoms with Gasteiger partial charge in [-0.25, -0.2) is 0 Å². The molecule has 0 aromatic rings. The largest absolute Gasteiger partial charge is 0.475 e. The first-order chi connectivity index (χ1) is 6.95. The van der Waals surface area contributed by atoms with Crippen LogP contribution < -0.4 is 5.73 Å². The fraction of sp³-hybridized carbons (Fsp3) is 0.889. The van der Waals surface area contributed by atoms with E-state index in [1.807, 2.05) is 13.8 Å². The predicted molar refractivity (Wildman–Crippen MR) is 57.7 cm³/mol. The van der Waals surface area contributed by atoms with E-state index < -0.39 is 19.1 Å². The highest BCUT2D eigenvalue weighted by Crippen LogP contribution is 2.19. The van der Waals surface area contributed by atoms with Gasteiger partial charge in [-0.1, -0.05) is 13.8 Å². The van der Waals surface area contributed by atoms with E-state index in [1.54, 1.807) is 0 Å². The summed E-state index contributed by atoms with van der Waals surface area (Å²) in [5, 5.41) is 18.2. The normalized spacial score (nSPS) is 23.3. The Balaban J connectivity index is 2.66. The van der Waals surface area contributed by atoms with Crippen LogP contribution in [0.4, 0.5) is 0 Å². The number of likely N-dealkylation sites (tertiary alicyclic amines) is 1. The maximum absolute atomic E-state index is 11.9. The van der Waals surface area contributed by atoms with Crippen LogP contribution in [0.2, 0.25) is 0 Å². The van der Waals surface area contributed by atoms with Crippen LogP contribution in [0.1, 0.15) is 26.7 Å². The van der Waals surface area contributed by atoms with Gasteiger partial charge in [-0.05, 0) is 18.8 Å². The third-order valence-electron chi connectivity index (χ3n) is 2.93. The fourth-order valence-corrected chi connectivity index (χ4v) is 1.85. The Kier molecular flexibility index (Phi) is 4.13. The van der Waals surface area contributed by atoms with E-state index in [0.717, 1.165) is 6.42 Å². The Morgan fingerprint density at radius 1 is 1.53 bits per heavy atom. The van der Waals surface area contributed by atoms with Gasteiger partial charge in [0.15, 0.2) is 0 Å². The Morgan fingerprint density at radius 3 is 2.60 bits per heavy atom. The SMILES string of the molecule is CC(C)[C@H](N)C(=O)N1CCCC1B(O)O. The quantitative estimate of drug-likeness (QED) is 0.524. The smallest absolute Gasteiger partial charge is 0.426 e. The van der Waals surface area contributed by atoms with Gasteiger partial charge in [0.25, 0.3) is 0 Å². The number of rotatable bonds is 3. The zero-order valence-corrected chi connectivity index (χ0v) is 9.26. The molecule has 1 saturated heterocycles. The van der Waals surface area contributed by atoms with Crippen LogP contribution in [0.25, 0.3) is 0 Å². The average Bonchev–Trinajstić information content (AvgIpc) is 2.63. The Morgan fingerprint density at radius 2 is 2.13 bits per heavy atom. The number of amides is 1. The van der Waals surface area contributed by atoms with Gasteiger partial charge in [0.05, 0.1) is 12.0 Å². The van der Waals surface area contributed by atoms with E-state index in [2.05, 4.69) is 0 Å². The number of hydrogen-bond donors (Lipinski definition) is 3. The van der Waals surface area contributed by atoms with Gasteiger partial charge in [0.2, 0.25) is 5.91 Å². The first-order valence-corrected chi connectivity index (χ1v) is 5.37. The molecule has 0 saturated carbocycles. The lowest BCUT2D eigenvalue weighted by molar-refractivity contribution is -0.133. The molecule has 2 atom stereocenters. The van der Waals surface area contributed by atoms with Gasteiger partial charge < -0.3 is 20.7 Å². The van der Waals surface area contributed by atoms with Crippen molar-refractivity contribution in [1.82, 2.24) is 4.90 Å². The first-order valence-electron chi connectivity index (χ1n) is 5.37. The molecule has 0 spiro atoms. The van der Waals surface area contributed by atoms with Crippen LogP contribution in [0.5, 0.6) is 0 Å². The van der Waals surface area contributed by atoms with Crippen molar-refractivity contribution in [3.8, 4) is 0 Å². The molecule has 1 aliphatic rings. The molecule has 86 valence electrons. The van der Waals surface area contributed by atoms with Gasteiger partial charge in [0, 0.05) is 6.54 Å². The van der Waals surface area contributed by atoms with E-state index in [0.29, 0.717) is 13.0 Å². The van der Waals surface area contributed by atoms with Crippen LogP contribution >= 0.6 is 0 Å². The molecule has 1 heterocycles. The van der Waals surface area contributed by atoms with Crippen LogP contribution in [0.15, 0.2) is 0 Å². The molecule has 0 aromatic heterocycles. The summed E-state index contributed by atoms with van der Waals surface area (Å²) < 4.78 is 0. The van der Waals surface area contributed by atoms with Crippen LogP contribution in [-0.4, -0.2) is 46.5 Å². The van der Waals surface area contributed by atoms with Gasteiger partial charge in [0.1, 0.15) is 0 Å². The molecule has 1 amide bonds. The monoisotopic (exact) mass is 214 g/mol. The van der Waals surface area contributed by atoms with Crippen molar-refractivity contribution in [1.29, 1.82) is 0 Å².